The molecule has 0 aromatic heterocycles. The summed E-state index contributed by atoms with van der Waals surface area (Å²) in [6.07, 6.45) is 54.0. The summed E-state index contributed by atoms with van der Waals surface area (Å²) >= 11 is 0. The molecule has 3 N–H and O–H groups in total. The molecule has 0 radical (unpaired) electrons. The maximum absolute atomic E-state index is 13.1. The van der Waals surface area contributed by atoms with Crippen LogP contribution in [0.1, 0.15) is 381 Å². The molecule has 0 heterocycles. The normalized spacial score (nSPS) is 14.3. The molecule has 0 amide bonds. The molecule has 0 rings (SSSR count). The molecular formula is C73H142O17P2. The SMILES string of the molecule is CCCCCCCCCCCCCCCCCCCCC(=O)O[C@H](COC(=O)CCCCCCCCCCC(C)CC)COP(=O)(O)OC[C@@H](O)COP(=O)(O)OC[C@@H](COC(=O)CCCCCCCCCCCC)OC(=O)CCCCCCCCCCCCCC. The molecule has 19 heteroatoms. The van der Waals surface area contributed by atoms with Crippen molar-refractivity contribution in [2.45, 2.75) is 400 Å². The number of aliphatic hydroxyl groups excluding tert-OH is 1. The predicted octanol–water partition coefficient (Wildman–Crippen LogP) is 21.3. The number of aliphatic hydroxyl groups is 1. The van der Waals surface area contributed by atoms with E-state index in [1.165, 1.54) is 205 Å². The summed E-state index contributed by atoms with van der Waals surface area (Å²) in [4.78, 5) is 72.6. The molecule has 0 aliphatic rings. The Morgan fingerprint density at radius 2 is 0.522 bits per heavy atom. The standard InChI is InChI=1S/C73H142O17P2/c1-6-10-13-16-19-22-25-27-28-29-30-31-32-34-37-44-49-54-59-73(78)90-69(63-84-71(76)57-52-47-42-39-38-40-45-50-55-66(5)9-4)65-88-92(81,82)86-61-67(74)60-85-91(79,80)87-64-68(62-83-70(75)56-51-46-41-35-24-21-18-15-12-8-3)89-72(77)58-53-48-43-36-33-26-23-20-17-14-11-7-2/h66-69,74H,6-65H2,1-5H3,(H,79,80)(H,81,82)/t66?,67-,68+,69+/m0/s1. The monoisotopic (exact) mass is 1350 g/mol. The lowest BCUT2D eigenvalue weighted by Crippen LogP contribution is -2.30. The van der Waals surface area contributed by atoms with Gasteiger partial charge in [0, 0.05) is 25.7 Å². The first kappa shape index (κ1) is 90.1. The zero-order valence-corrected chi connectivity index (χ0v) is 61.5. The number of carbonyl (C=O) groups excluding carboxylic acids is 4. The Bertz CT molecular complexity index is 1770. The maximum atomic E-state index is 13.1. The molecule has 6 atom stereocenters. The lowest BCUT2D eigenvalue weighted by molar-refractivity contribution is -0.161. The average molecular weight is 1350 g/mol. The summed E-state index contributed by atoms with van der Waals surface area (Å²) in [7, 11) is -9.90. The van der Waals surface area contributed by atoms with Crippen molar-refractivity contribution in [2.75, 3.05) is 39.6 Å². The summed E-state index contributed by atoms with van der Waals surface area (Å²) in [6, 6.07) is 0. The van der Waals surface area contributed by atoms with E-state index in [1.54, 1.807) is 0 Å². The predicted molar refractivity (Wildman–Crippen MR) is 372 cm³/mol. The molecule has 0 saturated heterocycles. The van der Waals surface area contributed by atoms with Gasteiger partial charge in [0.2, 0.25) is 0 Å². The summed E-state index contributed by atoms with van der Waals surface area (Å²) in [5.74, 6) is -1.34. The van der Waals surface area contributed by atoms with E-state index >= 15 is 0 Å². The second kappa shape index (κ2) is 66.3. The van der Waals surface area contributed by atoms with E-state index in [4.69, 9.17) is 37.0 Å². The van der Waals surface area contributed by atoms with E-state index in [-0.39, 0.29) is 25.7 Å². The highest BCUT2D eigenvalue weighted by atomic mass is 31.2. The molecule has 3 unspecified atom stereocenters. The molecule has 0 fully saturated rings. The van der Waals surface area contributed by atoms with E-state index in [1.807, 2.05) is 0 Å². The molecule has 0 spiro atoms. The highest BCUT2D eigenvalue weighted by Crippen LogP contribution is 2.45. The fourth-order valence-electron chi connectivity index (χ4n) is 11.1. The van der Waals surface area contributed by atoms with Gasteiger partial charge in [-0.25, -0.2) is 9.13 Å². The zero-order chi connectivity index (χ0) is 67.7. The fraction of sp³-hybridized carbons (Fsp3) is 0.945. The average Bonchev–Trinajstić information content (AvgIpc) is 3.14. The van der Waals surface area contributed by atoms with Crippen molar-refractivity contribution >= 4 is 39.5 Å². The van der Waals surface area contributed by atoms with Crippen LogP contribution >= 0.6 is 15.6 Å². The van der Waals surface area contributed by atoms with Gasteiger partial charge in [-0.05, 0) is 31.6 Å². The Kier molecular flexibility index (Phi) is 64.9. The Morgan fingerprint density at radius 1 is 0.304 bits per heavy atom. The summed E-state index contributed by atoms with van der Waals surface area (Å²) < 4.78 is 68.4. The van der Waals surface area contributed by atoms with Crippen molar-refractivity contribution in [3.8, 4) is 0 Å². The van der Waals surface area contributed by atoms with Gasteiger partial charge in [-0.2, -0.15) is 0 Å². The molecule has 0 aromatic carbocycles. The first-order chi connectivity index (χ1) is 44.6. The van der Waals surface area contributed by atoms with Gasteiger partial charge in [0.25, 0.3) is 0 Å². The van der Waals surface area contributed by atoms with Gasteiger partial charge in [0.05, 0.1) is 26.4 Å². The number of ether oxygens (including phenoxy) is 4. The van der Waals surface area contributed by atoms with Crippen LogP contribution in [0.4, 0.5) is 0 Å². The quantitative estimate of drug-likeness (QED) is 0.0222. The van der Waals surface area contributed by atoms with E-state index in [0.29, 0.717) is 25.7 Å². The number of esters is 4. The van der Waals surface area contributed by atoms with Crippen molar-refractivity contribution in [1.29, 1.82) is 0 Å². The van der Waals surface area contributed by atoms with Crippen molar-refractivity contribution in [3.05, 3.63) is 0 Å². The van der Waals surface area contributed by atoms with Crippen LogP contribution in [0, 0.1) is 5.92 Å². The van der Waals surface area contributed by atoms with Crippen LogP contribution in [0.2, 0.25) is 0 Å². The number of phosphoric acid groups is 2. The number of hydrogen-bond donors (Lipinski definition) is 3. The van der Waals surface area contributed by atoms with E-state index in [0.717, 1.165) is 95.8 Å². The first-order valence-corrected chi connectivity index (χ1v) is 41.2. The summed E-state index contributed by atoms with van der Waals surface area (Å²) in [6.45, 7) is 7.27. The molecule has 546 valence electrons. The van der Waals surface area contributed by atoms with Crippen LogP contribution in [0.15, 0.2) is 0 Å². The number of phosphoric ester groups is 2. The fourth-order valence-corrected chi connectivity index (χ4v) is 12.7. The molecule has 17 nitrogen and oxygen atoms in total. The van der Waals surface area contributed by atoms with E-state index in [2.05, 4.69) is 34.6 Å². The van der Waals surface area contributed by atoms with Crippen molar-refractivity contribution in [3.63, 3.8) is 0 Å². The molecule has 92 heavy (non-hydrogen) atoms. The van der Waals surface area contributed by atoms with Crippen LogP contribution in [0.3, 0.4) is 0 Å². The van der Waals surface area contributed by atoms with Crippen molar-refractivity contribution in [1.82, 2.24) is 0 Å². The van der Waals surface area contributed by atoms with Gasteiger partial charge in [-0.1, -0.05) is 330 Å². The second-order valence-electron chi connectivity index (χ2n) is 26.6. The Hall–Kier alpha value is -1.94. The smallest absolute Gasteiger partial charge is 0.462 e. The Morgan fingerprint density at radius 3 is 0.772 bits per heavy atom. The Labute approximate surface area is 562 Å². The molecule has 0 aromatic rings. The molecular weight excluding hydrogens is 1210 g/mol. The van der Waals surface area contributed by atoms with Gasteiger partial charge in [-0.15, -0.1) is 0 Å². The van der Waals surface area contributed by atoms with Gasteiger partial charge in [-0.3, -0.25) is 37.3 Å². The van der Waals surface area contributed by atoms with Gasteiger partial charge >= 0.3 is 39.5 Å². The van der Waals surface area contributed by atoms with Gasteiger partial charge in [0.1, 0.15) is 19.3 Å². The van der Waals surface area contributed by atoms with Crippen LogP contribution in [-0.2, 0) is 65.4 Å². The zero-order valence-electron chi connectivity index (χ0n) is 59.7. The van der Waals surface area contributed by atoms with Gasteiger partial charge < -0.3 is 33.8 Å². The third-order valence-electron chi connectivity index (χ3n) is 17.4. The first-order valence-electron chi connectivity index (χ1n) is 38.2. The minimum atomic E-state index is -4.95. The largest absolute Gasteiger partial charge is 0.472 e. The van der Waals surface area contributed by atoms with Gasteiger partial charge in [0.15, 0.2) is 12.2 Å². The van der Waals surface area contributed by atoms with E-state index < -0.39 is 97.5 Å². The topological polar surface area (TPSA) is 237 Å². The van der Waals surface area contributed by atoms with Crippen LogP contribution in [0.5, 0.6) is 0 Å². The Balaban J connectivity index is 5.23. The number of unbranched alkanes of at least 4 members (excludes halogenated alkanes) is 44. The summed E-state index contributed by atoms with van der Waals surface area (Å²) in [5.41, 5.74) is 0. The maximum Gasteiger partial charge on any atom is 0.472 e. The van der Waals surface area contributed by atoms with E-state index in [9.17, 15) is 43.2 Å². The molecule has 0 bridgehead atoms. The van der Waals surface area contributed by atoms with Crippen molar-refractivity contribution in [2.24, 2.45) is 5.92 Å². The second-order valence-corrected chi connectivity index (χ2v) is 29.5. The number of hydrogen-bond acceptors (Lipinski definition) is 15. The minimum Gasteiger partial charge on any atom is -0.462 e. The molecule has 0 aliphatic carbocycles. The minimum absolute atomic E-state index is 0.108. The summed E-state index contributed by atoms with van der Waals surface area (Å²) in [5, 5.41) is 10.6. The van der Waals surface area contributed by atoms with Crippen LogP contribution in [-0.4, -0.2) is 96.7 Å². The molecule has 0 aliphatic heterocycles. The van der Waals surface area contributed by atoms with Crippen LogP contribution < -0.4 is 0 Å². The number of rotatable bonds is 73. The number of carbonyl (C=O) groups is 4. The lowest BCUT2D eigenvalue weighted by atomic mass is 9.99. The van der Waals surface area contributed by atoms with Crippen molar-refractivity contribution < 1.29 is 80.2 Å². The van der Waals surface area contributed by atoms with Crippen LogP contribution in [0.25, 0.3) is 0 Å². The molecule has 0 saturated carbocycles. The lowest BCUT2D eigenvalue weighted by Gasteiger charge is -2.21. The third kappa shape index (κ3) is 65.4. The highest BCUT2D eigenvalue weighted by molar-refractivity contribution is 7.47. The highest BCUT2D eigenvalue weighted by Gasteiger charge is 2.30. The third-order valence-corrected chi connectivity index (χ3v) is 19.3.